The predicted molar refractivity (Wildman–Crippen MR) is 44.5 cm³/mol. The smallest absolute Gasteiger partial charge is 0.336 e. The van der Waals surface area contributed by atoms with Crippen LogP contribution in [0.25, 0.3) is 0 Å². The van der Waals surface area contributed by atoms with Crippen molar-refractivity contribution in [1.82, 2.24) is 0 Å². The van der Waals surface area contributed by atoms with Gasteiger partial charge in [0.25, 0.3) is 0 Å². The average Bonchev–Trinajstić information content (AvgIpc) is 2.07. The molecule has 2 N–H and O–H groups in total. The van der Waals surface area contributed by atoms with E-state index in [0.717, 1.165) is 0 Å². The van der Waals surface area contributed by atoms with Gasteiger partial charge in [-0.2, -0.15) is 0 Å². The van der Waals surface area contributed by atoms with E-state index in [1.807, 2.05) is 0 Å². The third kappa shape index (κ3) is 1.47. The molecule has 0 fully saturated rings. The van der Waals surface area contributed by atoms with Crippen molar-refractivity contribution in [3.8, 4) is 5.75 Å². The summed E-state index contributed by atoms with van der Waals surface area (Å²) in [5, 5.41) is 17.9. The lowest BCUT2D eigenvalue weighted by Crippen LogP contribution is -2.02. The van der Waals surface area contributed by atoms with Crippen molar-refractivity contribution in [3.05, 3.63) is 28.6 Å². The number of aromatic hydroxyl groups is 1. The second kappa shape index (κ2) is 3.05. The molecular weight excluding hydrogens is 175 g/mol. The summed E-state index contributed by atoms with van der Waals surface area (Å²) in [5.41, 5.74) is 0.104. The second-order valence-electron chi connectivity index (χ2n) is 2.83. The molecule has 0 bridgehead atoms. The van der Waals surface area contributed by atoms with Crippen LogP contribution in [0.1, 0.15) is 21.5 Å². The highest BCUT2D eigenvalue weighted by Gasteiger charge is 2.16. The maximum Gasteiger partial charge on any atom is 0.336 e. The lowest BCUT2D eigenvalue weighted by atomic mass is 10.0. The van der Waals surface area contributed by atoms with Crippen molar-refractivity contribution < 1.29 is 19.4 Å². The normalized spacial score (nSPS) is 10.1. The van der Waals surface area contributed by atoms with E-state index in [9.17, 15) is 14.3 Å². The monoisotopic (exact) mass is 184 g/mol. The molecule has 0 amide bonds. The van der Waals surface area contributed by atoms with Gasteiger partial charge >= 0.3 is 5.97 Å². The number of halogens is 1. The van der Waals surface area contributed by atoms with Gasteiger partial charge in [-0.05, 0) is 25.5 Å². The molecule has 0 aromatic heterocycles. The van der Waals surface area contributed by atoms with Crippen molar-refractivity contribution in [2.45, 2.75) is 13.8 Å². The van der Waals surface area contributed by atoms with Crippen LogP contribution in [0.15, 0.2) is 6.07 Å². The molecule has 0 aliphatic carbocycles. The van der Waals surface area contributed by atoms with Crippen LogP contribution in [0, 0.1) is 19.7 Å². The van der Waals surface area contributed by atoms with Gasteiger partial charge in [0.05, 0.1) is 5.56 Å². The Kier molecular flexibility index (Phi) is 2.23. The third-order valence-corrected chi connectivity index (χ3v) is 1.90. The number of benzene rings is 1. The van der Waals surface area contributed by atoms with E-state index in [4.69, 9.17) is 5.11 Å². The molecule has 4 heteroatoms. The first-order chi connectivity index (χ1) is 5.95. The Bertz CT molecular complexity index is 372. The van der Waals surface area contributed by atoms with E-state index in [2.05, 4.69) is 0 Å². The number of carboxylic acid groups (broad SMARTS) is 1. The third-order valence-electron chi connectivity index (χ3n) is 1.90. The van der Waals surface area contributed by atoms with Crippen LogP contribution in [0.2, 0.25) is 0 Å². The van der Waals surface area contributed by atoms with Crippen LogP contribution in [0.3, 0.4) is 0 Å². The molecule has 0 saturated carbocycles. The maximum atomic E-state index is 13.0. The van der Waals surface area contributed by atoms with Gasteiger partial charge in [-0.1, -0.05) is 0 Å². The number of aryl methyl sites for hydroxylation is 1. The van der Waals surface area contributed by atoms with Gasteiger partial charge in [0.1, 0.15) is 0 Å². The second-order valence-corrected chi connectivity index (χ2v) is 2.83. The molecule has 0 heterocycles. The first-order valence-corrected chi connectivity index (χ1v) is 3.67. The fraction of sp³-hybridized carbons (Fsp3) is 0.222. The number of phenols is 1. The first kappa shape index (κ1) is 9.51. The first-order valence-electron chi connectivity index (χ1n) is 3.67. The molecule has 0 radical (unpaired) electrons. The lowest BCUT2D eigenvalue weighted by Gasteiger charge is -2.06. The number of carbonyl (C=O) groups is 1. The molecular formula is C9H9FO3. The van der Waals surface area contributed by atoms with Crippen molar-refractivity contribution in [1.29, 1.82) is 0 Å². The summed E-state index contributed by atoms with van der Waals surface area (Å²) in [6.07, 6.45) is 0. The Morgan fingerprint density at radius 2 is 2.00 bits per heavy atom. The molecule has 0 saturated heterocycles. The number of aromatic carboxylic acids is 1. The molecule has 1 aromatic rings. The fourth-order valence-corrected chi connectivity index (χ4v) is 1.09. The SMILES string of the molecule is Cc1cc(C(=O)O)c(C)c(O)c1F. The highest BCUT2D eigenvalue weighted by molar-refractivity contribution is 5.90. The van der Waals surface area contributed by atoms with Gasteiger partial charge in [-0.3, -0.25) is 0 Å². The van der Waals surface area contributed by atoms with Crippen molar-refractivity contribution >= 4 is 5.97 Å². The number of rotatable bonds is 1. The molecule has 1 aromatic carbocycles. The number of hydrogen-bond donors (Lipinski definition) is 2. The molecule has 1 rings (SSSR count). The van der Waals surface area contributed by atoms with E-state index in [0.29, 0.717) is 0 Å². The molecule has 0 unspecified atom stereocenters. The van der Waals surface area contributed by atoms with Crippen LogP contribution in [0.4, 0.5) is 4.39 Å². The van der Waals surface area contributed by atoms with Crippen LogP contribution >= 0.6 is 0 Å². The van der Waals surface area contributed by atoms with Crippen LogP contribution < -0.4 is 0 Å². The molecule has 0 atom stereocenters. The van der Waals surface area contributed by atoms with E-state index in [1.54, 1.807) is 0 Å². The van der Waals surface area contributed by atoms with E-state index < -0.39 is 17.5 Å². The van der Waals surface area contributed by atoms with E-state index >= 15 is 0 Å². The summed E-state index contributed by atoms with van der Waals surface area (Å²) in [6, 6.07) is 1.20. The maximum absolute atomic E-state index is 13.0. The summed E-state index contributed by atoms with van der Waals surface area (Å²) >= 11 is 0. The standard InChI is InChI=1S/C9H9FO3/c1-4-3-6(9(12)13)5(2)8(11)7(4)10/h3,11H,1-2H3,(H,12,13). The zero-order valence-corrected chi connectivity index (χ0v) is 7.26. The molecule has 3 nitrogen and oxygen atoms in total. The van der Waals surface area contributed by atoms with Gasteiger partial charge in [0, 0.05) is 5.56 Å². The molecule has 0 aliphatic heterocycles. The Hall–Kier alpha value is -1.58. The zero-order valence-electron chi connectivity index (χ0n) is 7.26. The predicted octanol–water partition coefficient (Wildman–Crippen LogP) is 1.85. The summed E-state index contributed by atoms with van der Waals surface area (Å²) < 4.78 is 13.0. The Labute approximate surface area is 74.4 Å². The Balaban J connectivity index is 3.50. The zero-order chi connectivity index (χ0) is 10.2. The summed E-state index contributed by atoms with van der Waals surface area (Å²) in [7, 11) is 0. The fourth-order valence-electron chi connectivity index (χ4n) is 1.09. The minimum Gasteiger partial charge on any atom is -0.505 e. The van der Waals surface area contributed by atoms with Gasteiger partial charge in [-0.25, -0.2) is 9.18 Å². The summed E-state index contributed by atoms with van der Waals surface area (Å²) in [6.45, 7) is 2.77. The van der Waals surface area contributed by atoms with Crippen LogP contribution in [-0.4, -0.2) is 16.2 Å². The topological polar surface area (TPSA) is 57.5 Å². The van der Waals surface area contributed by atoms with Gasteiger partial charge in [0.2, 0.25) is 0 Å². The van der Waals surface area contributed by atoms with Crippen molar-refractivity contribution in [2.24, 2.45) is 0 Å². The van der Waals surface area contributed by atoms with Gasteiger partial charge in [0.15, 0.2) is 11.6 Å². The highest BCUT2D eigenvalue weighted by Crippen LogP contribution is 2.26. The average molecular weight is 184 g/mol. The van der Waals surface area contributed by atoms with E-state index in [1.165, 1.54) is 19.9 Å². The quantitative estimate of drug-likeness (QED) is 0.700. The summed E-state index contributed by atoms with van der Waals surface area (Å²) in [4.78, 5) is 10.6. The molecule has 70 valence electrons. The van der Waals surface area contributed by atoms with Crippen molar-refractivity contribution in [2.75, 3.05) is 0 Å². The minimum absolute atomic E-state index is 0.0515. The molecule has 0 aliphatic rings. The molecule has 13 heavy (non-hydrogen) atoms. The number of hydrogen-bond acceptors (Lipinski definition) is 2. The largest absolute Gasteiger partial charge is 0.505 e. The number of phenolic OH excluding ortho intramolecular Hbond substituents is 1. The summed E-state index contributed by atoms with van der Waals surface area (Å²) in [5.74, 6) is -2.52. The number of carboxylic acids is 1. The van der Waals surface area contributed by atoms with E-state index in [-0.39, 0.29) is 16.7 Å². The lowest BCUT2D eigenvalue weighted by molar-refractivity contribution is 0.0695. The Morgan fingerprint density at radius 1 is 1.46 bits per heavy atom. The molecule has 0 spiro atoms. The van der Waals surface area contributed by atoms with Crippen molar-refractivity contribution in [3.63, 3.8) is 0 Å². The van der Waals surface area contributed by atoms with Gasteiger partial charge < -0.3 is 10.2 Å². The highest BCUT2D eigenvalue weighted by atomic mass is 19.1. The van der Waals surface area contributed by atoms with Crippen LogP contribution in [0.5, 0.6) is 5.75 Å². The van der Waals surface area contributed by atoms with Crippen LogP contribution in [-0.2, 0) is 0 Å². The van der Waals surface area contributed by atoms with Gasteiger partial charge in [-0.15, -0.1) is 0 Å². The Morgan fingerprint density at radius 3 is 2.46 bits per heavy atom. The minimum atomic E-state index is -1.17.